The lowest BCUT2D eigenvalue weighted by Gasteiger charge is -2.21. The smallest absolute Gasteiger partial charge is 0.333 e. The van der Waals surface area contributed by atoms with Gasteiger partial charge in [0.15, 0.2) is 5.75 Å². The minimum absolute atomic E-state index is 0.00993. The predicted octanol–water partition coefficient (Wildman–Crippen LogP) is 3.20. The van der Waals surface area contributed by atoms with Crippen LogP contribution in [0.15, 0.2) is 18.2 Å². The summed E-state index contributed by atoms with van der Waals surface area (Å²) >= 11 is 0. The average molecular weight is 238 g/mol. The lowest BCUT2D eigenvalue weighted by Crippen LogP contribution is -2.23. The Morgan fingerprint density at radius 1 is 1.41 bits per heavy atom. The minimum Gasteiger partial charge on any atom is -0.481 e. The Morgan fingerprint density at radius 3 is 2.53 bits per heavy atom. The Hall–Kier alpha value is -1.78. The van der Waals surface area contributed by atoms with E-state index < -0.39 is 10.5 Å². The van der Waals surface area contributed by atoms with Gasteiger partial charge in [-0.2, -0.15) is 0 Å². The number of rotatable bonds is 4. The van der Waals surface area contributed by atoms with Crippen molar-refractivity contribution in [2.24, 2.45) is 0 Å². The predicted molar refractivity (Wildman–Crippen MR) is 67.6 cm³/mol. The van der Waals surface area contributed by atoms with Crippen LogP contribution in [0.1, 0.15) is 27.7 Å². The van der Waals surface area contributed by atoms with Crippen molar-refractivity contribution in [2.75, 3.05) is 11.9 Å². The van der Waals surface area contributed by atoms with Crippen LogP contribution in [0.4, 0.5) is 11.4 Å². The number of anilines is 1. The quantitative estimate of drug-likeness (QED) is 0.646. The normalized spacial score (nSPS) is 11.1. The summed E-state index contributed by atoms with van der Waals surface area (Å²) in [6.07, 6.45) is 0. The first-order valence-electron chi connectivity index (χ1n) is 5.55. The summed E-state index contributed by atoms with van der Waals surface area (Å²) in [6.45, 7) is 8.09. The molecule has 1 N–H and O–H groups in total. The van der Waals surface area contributed by atoms with Crippen LogP contribution in [-0.2, 0) is 0 Å². The van der Waals surface area contributed by atoms with Crippen LogP contribution in [0.5, 0.6) is 5.75 Å². The Bertz CT molecular complexity index is 411. The van der Waals surface area contributed by atoms with Gasteiger partial charge in [0.2, 0.25) is 0 Å². The van der Waals surface area contributed by atoms with E-state index in [0.717, 1.165) is 0 Å². The van der Waals surface area contributed by atoms with E-state index in [9.17, 15) is 10.1 Å². The first-order valence-corrected chi connectivity index (χ1v) is 5.55. The van der Waals surface area contributed by atoms with Gasteiger partial charge >= 0.3 is 5.69 Å². The molecule has 0 aliphatic rings. The van der Waals surface area contributed by atoms with E-state index in [2.05, 4.69) is 5.32 Å². The van der Waals surface area contributed by atoms with Crippen molar-refractivity contribution in [3.05, 3.63) is 28.3 Å². The van der Waals surface area contributed by atoms with Crippen LogP contribution >= 0.6 is 0 Å². The van der Waals surface area contributed by atoms with Gasteiger partial charge in [0.25, 0.3) is 0 Å². The van der Waals surface area contributed by atoms with E-state index in [1.807, 2.05) is 27.7 Å². The molecule has 1 aromatic carbocycles. The summed E-state index contributed by atoms with van der Waals surface area (Å²) in [5.74, 6) is 0.293. The van der Waals surface area contributed by atoms with E-state index in [1.165, 1.54) is 0 Å². The molecule has 0 amide bonds. The van der Waals surface area contributed by atoms with Crippen LogP contribution < -0.4 is 10.1 Å². The van der Waals surface area contributed by atoms with Crippen molar-refractivity contribution in [1.82, 2.24) is 0 Å². The molecule has 94 valence electrons. The van der Waals surface area contributed by atoms with Gasteiger partial charge in [0.1, 0.15) is 11.3 Å². The first kappa shape index (κ1) is 13.3. The molecule has 0 saturated heterocycles. The second-order valence-electron chi connectivity index (χ2n) is 4.65. The molecule has 0 spiro atoms. The third-order valence-electron chi connectivity index (χ3n) is 1.96. The van der Waals surface area contributed by atoms with Gasteiger partial charge in [0.05, 0.1) is 4.92 Å². The van der Waals surface area contributed by atoms with Gasteiger partial charge in [-0.3, -0.25) is 10.1 Å². The molecule has 0 unspecified atom stereocenters. The molecule has 0 aromatic heterocycles. The Morgan fingerprint density at radius 2 is 2.06 bits per heavy atom. The van der Waals surface area contributed by atoms with Gasteiger partial charge in [-0.05, 0) is 39.8 Å². The van der Waals surface area contributed by atoms with Crippen molar-refractivity contribution < 1.29 is 9.66 Å². The van der Waals surface area contributed by atoms with Crippen LogP contribution in [-0.4, -0.2) is 17.1 Å². The number of nitrogens with zero attached hydrogens (tertiary/aromatic N) is 1. The Balaban J connectivity index is 3.20. The molecule has 1 aromatic rings. The summed E-state index contributed by atoms with van der Waals surface area (Å²) in [5, 5.41) is 14.1. The fourth-order valence-corrected chi connectivity index (χ4v) is 1.46. The van der Waals surface area contributed by atoms with Gasteiger partial charge in [0, 0.05) is 6.54 Å². The highest BCUT2D eigenvalue weighted by Crippen LogP contribution is 2.36. The summed E-state index contributed by atoms with van der Waals surface area (Å²) in [5.41, 5.74) is 0.0128. The summed E-state index contributed by atoms with van der Waals surface area (Å²) in [7, 11) is 0. The summed E-state index contributed by atoms with van der Waals surface area (Å²) in [6, 6.07) is 5.04. The van der Waals surface area contributed by atoms with Gasteiger partial charge in [-0.15, -0.1) is 0 Å². The lowest BCUT2D eigenvalue weighted by atomic mass is 10.2. The molecule has 0 heterocycles. The van der Waals surface area contributed by atoms with E-state index >= 15 is 0 Å². The Kier molecular flexibility index (Phi) is 3.93. The fraction of sp³-hybridized carbons (Fsp3) is 0.500. The van der Waals surface area contributed by atoms with Crippen LogP contribution in [0.25, 0.3) is 0 Å². The highest BCUT2D eigenvalue weighted by atomic mass is 16.6. The van der Waals surface area contributed by atoms with Crippen LogP contribution in [0.3, 0.4) is 0 Å². The Labute approximate surface area is 101 Å². The second kappa shape index (κ2) is 5.03. The van der Waals surface area contributed by atoms with Gasteiger partial charge < -0.3 is 10.1 Å². The zero-order valence-electron chi connectivity index (χ0n) is 10.6. The maximum atomic E-state index is 11.1. The van der Waals surface area contributed by atoms with E-state index in [-0.39, 0.29) is 5.69 Å². The van der Waals surface area contributed by atoms with E-state index in [0.29, 0.717) is 18.0 Å². The number of hydrogen-bond donors (Lipinski definition) is 1. The number of nitro benzene ring substituents is 1. The van der Waals surface area contributed by atoms with Gasteiger partial charge in [-0.25, -0.2) is 0 Å². The van der Waals surface area contributed by atoms with Crippen molar-refractivity contribution in [3.63, 3.8) is 0 Å². The third-order valence-corrected chi connectivity index (χ3v) is 1.96. The monoisotopic (exact) mass is 238 g/mol. The maximum absolute atomic E-state index is 11.1. The van der Waals surface area contributed by atoms with E-state index in [1.54, 1.807) is 18.2 Å². The minimum atomic E-state index is -0.463. The number of nitrogens with one attached hydrogen (secondary N) is 1. The summed E-state index contributed by atoms with van der Waals surface area (Å²) in [4.78, 5) is 10.7. The molecule has 0 bridgehead atoms. The highest BCUT2D eigenvalue weighted by Gasteiger charge is 2.24. The number of benzene rings is 1. The molecule has 0 radical (unpaired) electrons. The number of hydrogen-bond acceptors (Lipinski definition) is 4. The molecular formula is C12H18N2O3. The number of para-hydroxylation sites is 1. The SMILES string of the molecule is CCNc1cccc(OC(C)(C)C)c1[N+](=O)[O-]. The van der Waals surface area contributed by atoms with Crippen molar-refractivity contribution in [1.29, 1.82) is 0 Å². The van der Waals surface area contributed by atoms with Gasteiger partial charge in [-0.1, -0.05) is 6.07 Å². The second-order valence-corrected chi connectivity index (χ2v) is 4.65. The van der Waals surface area contributed by atoms with Crippen LogP contribution in [0, 0.1) is 10.1 Å². The third kappa shape index (κ3) is 3.62. The molecule has 0 fully saturated rings. The van der Waals surface area contributed by atoms with E-state index in [4.69, 9.17) is 4.74 Å². The molecule has 0 aliphatic heterocycles. The molecule has 1 rings (SSSR count). The molecule has 17 heavy (non-hydrogen) atoms. The highest BCUT2D eigenvalue weighted by molar-refractivity contribution is 5.68. The molecule has 5 heteroatoms. The topological polar surface area (TPSA) is 64.4 Å². The first-order chi connectivity index (χ1) is 7.85. The summed E-state index contributed by atoms with van der Waals surface area (Å²) < 4.78 is 5.60. The lowest BCUT2D eigenvalue weighted by molar-refractivity contribution is -0.385. The molecule has 0 saturated carbocycles. The molecule has 5 nitrogen and oxygen atoms in total. The standard InChI is InChI=1S/C12H18N2O3/c1-5-13-9-7-6-8-10(11(9)14(15)16)17-12(2,3)4/h6-8,13H,5H2,1-4H3. The van der Waals surface area contributed by atoms with Crippen LogP contribution in [0.2, 0.25) is 0 Å². The number of nitro groups is 1. The number of ether oxygens (including phenoxy) is 1. The maximum Gasteiger partial charge on any atom is 0.333 e. The molecule has 0 aliphatic carbocycles. The average Bonchev–Trinajstić information content (AvgIpc) is 2.15. The largest absolute Gasteiger partial charge is 0.481 e. The molecular weight excluding hydrogens is 220 g/mol. The van der Waals surface area contributed by atoms with Crippen molar-refractivity contribution in [2.45, 2.75) is 33.3 Å². The zero-order chi connectivity index (χ0) is 13.1. The zero-order valence-corrected chi connectivity index (χ0v) is 10.6. The fourth-order valence-electron chi connectivity index (χ4n) is 1.46. The molecule has 0 atom stereocenters. The van der Waals surface area contributed by atoms with Crippen molar-refractivity contribution in [3.8, 4) is 5.75 Å². The van der Waals surface area contributed by atoms with Crippen molar-refractivity contribution >= 4 is 11.4 Å².